The maximum absolute atomic E-state index is 13.6. The first-order valence-corrected chi connectivity index (χ1v) is 5.79. The Balaban J connectivity index is 2.20. The molecule has 0 N–H and O–H groups in total. The second-order valence-corrected chi connectivity index (χ2v) is 3.90. The van der Waals surface area contributed by atoms with Crippen molar-refractivity contribution in [2.45, 2.75) is 5.88 Å². The summed E-state index contributed by atoms with van der Waals surface area (Å²) in [5.74, 6) is 0.409. The van der Waals surface area contributed by atoms with Gasteiger partial charge in [0.2, 0.25) is 0 Å². The Labute approximate surface area is 109 Å². The molecule has 0 aromatic heterocycles. The third-order valence-corrected chi connectivity index (χ3v) is 2.67. The summed E-state index contributed by atoms with van der Waals surface area (Å²) in [6.07, 6.45) is 0. The first-order chi connectivity index (χ1) is 8.72. The van der Waals surface area contributed by atoms with E-state index in [0.29, 0.717) is 16.9 Å². The van der Waals surface area contributed by atoms with E-state index < -0.39 is 5.82 Å². The van der Waals surface area contributed by atoms with Gasteiger partial charge in [0, 0.05) is 5.88 Å². The molecule has 2 nitrogen and oxygen atoms in total. The van der Waals surface area contributed by atoms with Gasteiger partial charge in [-0.3, -0.25) is 0 Å². The predicted octanol–water partition coefficient (Wildman–Crippen LogP) is 4.23. The van der Waals surface area contributed by atoms with Crippen LogP contribution in [0.2, 0.25) is 0 Å². The molecular formula is C14H9ClFNO. The maximum Gasteiger partial charge on any atom is 0.166 e. The molecule has 0 saturated heterocycles. The van der Waals surface area contributed by atoms with Gasteiger partial charge in [-0.15, -0.1) is 11.6 Å². The highest BCUT2D eigenvalue weighted by molar-refractivity contribution is 6.17. The summed E-state index contributed by atoms with van der Waals surface area (Å²) in [6, 6.07) is 13.0. The quantitative estimate of drug-likeness (QED) is 0.775. The second-order valence-electron chi connectivity index (χ2n) is 3.64. The normalized spacial score (nSPS) is 9.83. The van der Waals surface area contributed by atoms with Crippen LogP contribution in [0, 0.1) is 17.1 Å². The average Bonchev–Trinajstić information content (AvgIpc) is 2.42. The number of ether oxygens (including phenoxy) is 1. The molecule has 0 fully saturated rings. The molecule has 2 aromatic rings. The van der Waals surface area contributed by atoms with Crippen molar-refractivity contribution in [3.8, 4) is 17.6 Å². The molecule has 0 saturated carbocycles. The molecule has 0 amide bonds. The summed E-state index contributed by atoms with van der Waals surface area (Å²) < 4.78 is 19.0. The van der Waals surface area contributed by atoms with E-state index in [-0.39, 0.29) is 11.6 Å². The van der Waals surface area contributed by atoms with Crippen LogP contribution < -0.4 is 4.74 Å². The number of hydrogen-bond acceptors (Lipinski definition) is 2. The van der Waals surface area contributed by atoms with E-state index in [1.54, 1.807) is 30.3 Å². The molecule has 0 unspecified atom stereocenters. The van der Waals surface area contributed by atoms with Crippen LogP contribution >= 0.6 is 11.6 Å². The van der Waals surface area contributed by atoms with Gasteiger partial charge in [-0.1, -0.05) is 6.07 Å². The lowest BCUT2D eigenvalue weighted by molar-refractivity contribution is 0.442. The first kappa shape index (κ1) is 12.4. The Morgan fingerprint density at radius 1 is 1.17 bits per heavy atom. The highest BCUT2D eigenvalue weighted by Gasteiger charge is 2.05. The van der Waals surface area contributed by atoms with Gasteiger partial charge in [-0.2, -0.15) is 5.26 Å². The molecular weight excluding hydrogens is 253 g/mol. The minimum Gasteiger partial charge on any atom is -0.454 e. The van der Waals surface area contributed by atoms with Gasteiger partial charge >= 0.3 is 0 Å². The number of alkyl halides is 1. The Hall–Kier alpha value is -2.05. The zero-order valence-electron chi connectivity index (χ0n) is 9.36. The lowest BCUT2D eigenvalue weighted by Gasteiger charge is -2.07. The summed E-state index contributed by atoms with van der Waals surface area (Å²) >= 11 is 5.61. The zero-order chi connectivity index (χ0) is 13.0. The summed E-state index contributed by atoms with van der Waals surface area (Å²) in [5, 5.41) is 8.66. The lowest BCUT2D eigenvalue weighted by atomic mass is 10.2. The molecule has 0 aliphatic rings. The van der Waals surface area contributed by atoms with Crippen LogP contribution in [0.5, 0.6) is 11.5 Å². The van der Waals surface area contributed by atoms with Crippen LogP contribution in [-0.2, 0) is 5.88 Å². The predicted molar refractivity (Wildman–Crippen MR) is 67.2 cm³/mol. The van der Waals surface area contributed by atoms with E-state index in [9.17, 15) is 4.39 Å². The van der Waals surface area contributed by atoms with Gasteiger partial charge in [0.05, 0.1) is 11.6 Å². The molecule has 0 radical (unpaired) electrons. The fourth-order valence-corrected chi connectivity index (χ4v) is 1.60. The zero-order valence-corrected chi connectivity index (χ0v) is 10.1. The van der Waals surface area contributed by atoms with Crippen molar-refractivity contribution in [2.24, 2.45) is 0 Å². The van der Waals surface area contributed by atoms with Gasteiger partial charge in [-0.25, -0.2) is 4.39 Å². The standard InChI is InChI=1S/C14H9ClFNO/c15-8-11-3-6-14(13(16)7-11)18-12-4-1-10(9-17)2-5-12/h1-7H,8H2. The molecule has 4 heteroatoms. The summed E-state index contributed by atoms with van der Waals surface area (Å²) in [4.78, 5) is 0. The number of benzene rings is 2. The number of rotatable bonds is 3. The number of halogens is 2. The molecule has 0 atom stereocenters. The number of nitrogens with zero attached hydrogens (tertiary/aromatic N) is 1. The third-order valence-electron chi connectivity index (χ3n) is 2.36. The molecule has 0 aliphatic heterocycles. The van der Waals surface area contributed by atoms with Crippen LogP contribution in [0.15, 0.2) is 42.5 Å². The highest BCUT2D eigenvalue weighted by atomic mass is 35.5. The van der Waals surface area contributed by atoms with Crippen LogP contribution in [0.1, 0.15) is 11.1 Å². The minimum absolute atomic E-state index is 0.133. The lowest BCUT2D eigenvalue weighted by Crippen LogP contribution is -1.90. The fraction of sp³-hybridized carbons (Fsp3) is 0.0714. The van der Waals surface area contributed by atoms with E-state index in [0.717, 1.165) is 0 Å². The van der Waals surface area contributed by atoms with E-state index in [4.69, 9.17) is 21.6 Å². The minimum atomic E-state index is -0.461. The summed E-state index contributed by atoms with van der Waals surface area (Å²) in [6.45, 7) is 0. The van der Waals surface area contributed by atoms with Gasteiger partial charge < -0.3 is 4.74 Å². The fourth-order valence-electron chi connectivity index (χ4n) is 1.43. The molecule has 0 heterocycles. The average molecular weight is 262 g/mol. The molecule has 90 valence electrons. The molecule has 0 aliphatic carbocycles. The monoisotopic (exact) mass is 261 g/mol. The van der Waals surface area contributed by atoms with Crippen molar-refractivity contribution < 1.29 is 9.13 Å². The molecule has 18 heavy (non-hydrogen) atoms. The molecule has 0 spiro atoms. The van der Waals surface area contributed by atoms with E-state index in [1.165, 1.54) is 12.1 Å². The Kier molecular flexibility index (Phi) is 3.81. The van der Waals surface area contributed by atoms with Crippen LogP contribution in [0.25, 0.3) is 0 Å². The van der Waals surface area contributed by atoms with Crippen LogP contribution in [-0.4, -0.2) is 0 Å². The Morgan fingerprint density at radius 3 is 2.44 bits per heavy atom. The van der Waals surface area contributed by atoms with Gasteiger partial charge in [0.25, 0.3) is 0 Å². The topological polar surface area (TPSA) is 33.0 Å². The Bertz CT molecular complexity index is 590. The van der Waals surface area contributed by atoms with Gasteiger partial charge in [-0.05, 0) is 42.0 Å². The van der Waals surface area contributed by atoms with Crippen molar-refractivity contribution >= 4 is 11.6 Å². The van der Waals surface area contributed by atoms with Crippen molar-refractivity contribution in [3.63, 3.8) is 0 Å². The summed E-state index contributed by atoms with van der Waals surface area (Å²) in [5.41, 5.74) is 1.22. The van der Waals surface area contributed by atoms with Crippen molar-refractivity contribution in [1.82, 2.24) is 0 Å². The summed E-state index contributed by atoms with van der Waals surface area (Å²) in [7, 11) is 0. The van der Waals surface area contributed by atoms with Crippen molar-refractivity contribution in [1.29, 1.82) is 5.26 Å². The van der Waals surface area contributed by atoms with E-state index >= 15 is 0 Å². The van der Waals surface area contributed by atoms with Gasteiger partial charge in [0.1, 0.15) is 5.75 Å². The Morgan fingerprint density at radius 2 is 1.89 bits per heavy atom. The van der Waals surface area contributed by atoms with Crippen LogP contribution in [0.3, 0.4) is 0 Å². The molecule has 2 aromatic carbocycles. The molecule has 2 rings (SSSR count). The SMILES string of the molecule is N#Cc1ccc(Oc2ccc(CCl)cc2F)cc1. The van der Waals surface area contributed by atoms with E-state index in [2.05, 4.69) is 0 Å². The van der Waals surface area contributed by atoms with Gasteiger partial charge in [0.15, 0.2) is 11.6 Å². The van der Waals surface area contributed by atoms with Crippen molar-refractivity contribution in [2.75, 3.05) is 0 Å². The largest absolute Gasteiger partial charge is 0.454 e. The third kappa shape index (κ3) is 2.79. The maximum atomic E-state index is 13.6. The number of hydrogen-bond donors (Lipinski definition) is 0. The second kappa shape index (κ2) is 5.52. The number of nitriles is 1. The van der Waals surface area contributed by atoms with Crippen LogP contribution in [0.4, 0.5) is 4.39 Å². The smallest absolute Gasteiger partial charge is 0.166 e. The first-order valence-electron chi connectivity index (χ1n) is 5.25. The highest BCUT2D eigenvalue weighted by Crippen LogP contribution is 2.25. The van der Waals surface area contributed by atoms with Crippen molar-refractivity contribution in [3.05, 3.63) is 59.4 Å². The molecule has 0 bridgehead atoms. The van der Waals surface area contributed by atoms with E-state index in [1.807, 2.05) is 6.07 Å².